The lowest BCUT2D eigenvalue weighted by Gasteiger charge is -2.30. The highest BCUT2D eigenvalue weighted by Gasteiger charge is 2.18. The van der Waals surface area contributed by atoms with E-state index >= 15 is 0 Å². The number of nitrogens with zero attached hydrogens (tertiary/aromatic N) is 3. The smallest absolute Gasteiger partial charge is 0.348 e. The van der Waals surface area contributed by atoms with E-state index in [1.165, 1.54) is 25.3 Å². The van der Waals surface area contributed by atoms with Crippen molar-refractivity contribution in [1.82, 2.24) is 0 Å². The van der Waals surface area contributed by atoms with E-state index in [9.17, 15) is 14.9 Å². The number of nitro benzene ring substituents is 1. The highest BCUT2D eigenvalue weighted by atomic mass is 16.6. The monoisotopic (exact) mass is 315 g/mol. The standard InChI is InChI=1S/C16H17N3O4/c1-23-16(20)13(11-17)9-12-10-14(19(21)22)5-6-15(12)18-7-3-2-4-8-18/h5-6,9-10H,2-4,7-8H2,1H3/b13-9-. The summed E-state index contributed by atoms with van der Waals surface area (Å²) in [4.78, 5) is 24.2. The Balaban J connectivity index is 2.50. The molecule has 1 aromatic carbocycles. The summed E-state index contributed by atoms with van der Waals surface area (Å²) in [6.45, 7) is 1.69. The molecule has 1 saturated heterocycles. The summed E-state index contributed by atoms with van der Waals surface area (Å²) in [7, 11) is 1.19. The lowest BCUT2D eigenvalue weighted by molar-refractivity contribution is -0.384. The molecule has 0 bridgehead atoms. The van der Waals surface area contributed by atoms with Crippen LogP contribution in [0.5, 0.6) is 0 Å². The van der Waals surface area contributed by atoms with Crippen LogP contribution in [-0.4, -0.2) is 31.1 Å². The Kier molecular flexibility index (Phi) is 5.31. The normalized spacial score (nSPS) is 15.0. The van der Waals surface area contributed by atoms with Gasteiger partial charge in [0.15, 0.2) is 0 Å². The lowest BCUT2D eigenvalue weighted by Crippen LogP contribution is -2.30. The fourth-order valence-electron chi connectivity index (χ4n) is 2.60. The van der Waals surface area contributed by atoms with Crippen molar-refractivity contribution >= 4 is 23.4 Å². The van der Waals surface area contributed by atoms with Crippen LogP contribution in [0.3, 0.4) is 0 Å². The van der Waals surface area contributed by atoms with Gasteiger partial charge in [-0.3, -0.25) is 10.1 Å². The molecule has 0 aliphatic carbocycles. The molecule has 7 nitrogen and oxygen atoms in total. The summed E-state index contributed by atoms with van der Waals surface area (Å²) in [5, 5.41) is 20.1. The third-order valence-corrected chi connectivity index (χ3v) is 3.74. The number of nitriles is 1. The Bertz CT molecular complexity index is 685. The van der Waals surface area contributed by atoms with E-state index in [1.54, 1.807) is 12.1 Å². The number of rotatable bonds is 4. The van der Waals surface area contributed by atoms with Crippen LogP contribution in [0.15, 0.2) is 23.8 Å². The van der Waals surface area contributed by atoms with Crippen LogP contribution < -0.4 is 4.90 Å². The van der Waals surface area contributed by atoms with E-state index in [1.807, 2.05) is 0 Å². The first-order valence-electron chi connectivity index (χ1n) is 7.30. The number of nitro groups is 1. The molecule has 1 fully saturated rings. The van der Waals surface area contributed by atoms with E-state index in [-0.39, 0.29) is 11.3 Å². The minimum Gasteiger partial charge on any atom is -0.465 e. The maximum Gasteiger partial charge on any atom is 0.348 e. The van der Waals surface area contributed by atoms with Crippen molar-refractivity contribution in [2.45, 2.75) is 19.3 Å². The average molecular weight is 315 g/mol. The van der Waals surface area contributed by atoms with Gasteiger partial charge in [-0.05, 0) is 31.4 Å². The van der Waals surface area contributed by atoms with Crippen molar-refractivity contribution in [2.75, 3.05) is 25.1 Å². The molecule has 0 N–H and O–H groups in total. The van der Waals surface area contributed by atoms with E-state index in [4.69, 9.17) is 5.26 Å². The number of anilines is 1. The summed E-state index contributed by atoms with van der Waals surface area (Å²) in [6, 6.07) is 6.26. The summed E-state index contributed by atoms with van der Waals surface area (Å²) in [6.07, 6.45) is 4.59. The topological polar surface area (TPSA) is 96.5 Å². The molecule has 1 aromatic rings. The molecule has 0 spiro atoms. The van der Waals surface area contributed by atoms with Gasteiger partial charge in [-0.1, -0.05) is 0 Å². The van der Waals surface area contributed by atoms with Gasteiger partial charge in [0.25, 0.3) is 5.69 Å². The van der Waals surface area contributed by atoms with Gasteiger partial charge in [-0.2, -0.15) is 5.26 Å². The van der Waals surface area contributed by atoms with Crippen LogP contribution >= 0.6 is 0 Å². The predicted molar refractivity (Wildman–Crippen MR) is 84.8 cm³/mol. The number of ether oxygens (including phenoxy) is 1. The van der Waals surface area contributed by atoms with Crippen molar-refractivity contribution in [3.63, 3.8) is 0 Å². The number of hydrogen-bond acceptors (Lipinski definition) is 6. The van der Waals surface area contributed by atoms with E-state index < -0.39 is 10.9 Å². The summed E-state index contributed by atoms with van der Waals surface area (Å²) >= 11 is 0. The van der Waals surface area contributed by atoms with Crippen molar-refractivity contribution in [1.29, 1.82) is 5.26 Å². The van der Waals surface area contributed by atoms with Gasteiger partial charge in [0.2, 0.25) is 0 Å². The molecular weight excluding hydrogens is 298 g/mol. The first-order valence-corrected chi connectivity index (χ1v) is 7.30. The molecule has 0 unspecified atom stereocenters. The van der Waals surface area contributed by atoms with Gasteiger partial charge in [0.05, 0.1) is 12.0 Å². The second-order valence-corrected chi connectivity index (χ2v) is 5.21. The van der Waals surface area contributed by atoms with Crippen molar-refractivity contribution < 1.29 is 14.5 Å². The Labute approximate surface area is 133 Å². The van der Waals surface area contributed by atoms with E-state index in [0.717, 1.165) is 38.0 Å². The van der Waals surface area contributed by atoms with E-state index in [2.05, 4.69) is 9.64 Å². The Morgan fingerprint density at radius 1 is 1.39 bits per heavy atom. The number of carbonyl (C=O) groups excluding carboxylic acids is 1. The van der Waals surface area contributed by atoms with Crippen molar-refractivity contribution in [2.24, 2.45) is 0 Å². The highest BCUT2D eigenvalue weighted by molar-refractivity contribution is 5.98. The third-order valence-electron chi connectivity index (χ3n) is 3.74. The number of methoxy groups -OCH3 is 1. The summed E-state index contributed by atoms with van der Waals surface area (Å²) in [5.74, 6) is -0.761. The van der Waals surface area contributed by atoms with Gasteiger partial charge in [-0.15, -0.1) is 0 Å². The number of piperidine rings is 1. The SMILES string of the molecule is COC(=O)/C(C#N)=C\c1cc([N+](=O)[O-])ccc1N1CCCCC1. The Hall–Kier alpha value is -2.88. The zero-order valence-corrected chi connectivity index (χ0v) is 12.8. The molecule has 23 heavy (non-hydrogen) atoms. The highest BCUT2D eigenvalue weighted by Crippen LogP contribution is 2.29. The van der Waals surface area contributed by atoms with Crippen molar-refractivity contribution in [3.05, 3.63) is 39.4 Å². The first kappa shape index (κ1) is 16.5. The fraction of sp³-hybridized carbons (Fsp3) is 0.375. The van der Waals surface area contributed by atoms with Crippen LogP contribution in [0.25, 0.3) is 6.08 Å². The molecule has 1 aliphatic heterocycles. The molecule has 0 amide bonds. The van der Waals surface area contributed by atoms with Gasteiger partial charge in [-0.25, -0.2) is 4.79 Å². The molecule has 7 heteroatoms. The van der Waals surface area contributed by atoms with Crippen LogP contribution in [0.4, 0.5) is 11.4 Å². The van der Waals surface area contributed by atoms with Crippen LogP contribution in [-0.2, 0) is 9.53 Å². The molecule has 0 radical (unpaired) electrons. The number of hydrogen-bond donors (Lipinski definition) is 0. The molecule has 0 aromatic heterocycles. The molecule has 1 heterocycles. The van der Waals surface area contributed by atoms with Crippen LogP contribution in [0.2, 0.25) is 0 Å². The van der Waals surface area contributed by atoms with Crippen molar-refractivity contribution in [3.8, 4) is 6.07 Å². The van der Waals surface area contributed by atoms with Crippen LogP contribution in [0.1, 0.15) is 24.8 Å². The second kappa shape index (κ2) is 7.40. The minimum absolute atomic E-state index is 0.0841. The lowest BCUT2D eigenvalue weighted by atomic mass is 10.0. The Morgan fingerprint density at radius 3 is 2.65 bits per heavy atom. The van der Waals surface area contributed by atoms with Gasteiger partial charge in [0, 0.05) is 36.5 Å². The molecule has 1 aliphatic rings. The quantitative estimate of drug-likeness (QED) is 0.278. The first-order chi connectivity index (χ1) is 11.1. The zero-order valence-electron chi connectivity index (χ0n) is 12.8. The third kappa shape index (κ3) is 3.86. The number of benzene rings is 1. The maximum absolute atomic E-state index is 11.6. The fourth-order valence-corrected chi connectivity index (χ4v) is 2.60. The second-order valence-electron chi connectivity index (χ2n) is 5.21. The van der Waals surface area contributed by atoms with Gasteiger partial charge < -0.3 is 9.64 Å². The zero-order chi connectivity index (χ0) is 16.8. The van der Waals surface area contributed by atoms with Crippen LogP contribution in [0, 0.1) is 21.4 Å². The minimum atomic E-state index is -0.761. The largest absolute Gasteiger partial charge is 0.465 e. The predicted octanol–water partition coefficient (Wildman–Crippen LogP) is 2.67. The summed E-state index contributed by atoms with van der Waals surface area (Å²) in [5.41, 5.74) is 0.987. The van der Waals surface area contributed by atoms with E-state index in [0.29, 0.717) is 5.56 Å². The maximum atomic E-state index is 11.6. The van der Waals surface area contributed by atoms with Gasteiger partial charge in [0.1, 0.15) is 11.6 Å². The molecular formula is C16H17N3O4. The number of carbonyl (C=O) groups is 1. The Morgan fingerprint density at radius 2 is 2.09 bits per heavy atom. The molecule has 0 saturated carbocycles. The number of esters is 1. The average Bonchev–Trinajstić information content (AvgIpc) is 2.59. The molecule has 120 valence electrons. The molecule has 0 atom stereocenters. The number of non-ortho nitro benzene ring substituents is 1. The van der Waals surface area contributed by atoms with Gasteiger partial charge >= 0.3 is 5.97 Å². The summed E-state index contributed by atoms with van der Waals surface area (Å²) < 4.78 is 4.56. The molecule has 2 rings (SSSR count).